The van der Waals surface area contributed by atoms with Crippen LogP contribution in [0, 0.1) is 0 Å². The first kappa shape index (κ1) is 84.7. The molecule has 0 unspecified atom stereocenters. The van der Waals surface area contributed by atoms with Gasteiger partial charge >= 0.3 is 36.4 Å². The molecule has 0 aliphatic rings. The molecule has 5 aromatic carbocycles. The van der Waals surface area contributed by atoms with Crippen molar-refractivity contribution in [3.8, 4) is 17.2 Å². The Morgan fingerprint density at radius 3 is 0.583 bits per heavy atom. The van der Waals surface area contributed by atoms with Crippen molar-refractivity contribution in [2.24, 2.45) is 0 Å². The second kappa shape index (κ2) is 51.5. The van der Waals surface area contributed by atoms with Gasteiger partial charge in [0.2, 0.25) is 0 Å². The summed E-state index contributed by atoms with van der Waals surface area (Å²) in [6.07, 6.45) is 65.9. The van der Waals surface area contributed by atoms with Gasteiger partial charge in [0, 0.05) is 0 Å². The molecular formula is C85H134F6O3PSb. The predicted molar refractivity (Wildman–Crippen MR) is 407 cm³/mol. The molecule has 3 nitrogen and oxygen atoms in total. The number of rotatable bonds is 60. The minimum atomic E-state index is -11.2. The molecule has 0 amide bonds. The Labute approximate surface area is 586 Å². The van der Waals surface area contributed by atoms with Crippen molar-refractivity contribution in [2.45, 2.75) is 335 Å². The zero-order chi connectivity index (χ0) is 68.8. The molecule has 11 heteroatoms. The maximum atomic E-state index is 9.93. The molecule has 0 aromatic heterocycles. The van der Waals surface area contributed by atoms with E-state index in [0.29, 0.717) is 0 Å². The summed E-state index contributed by atoms with van der Waals surface area (Å²) in [5.41, 5.74) is 2.70. The summed E-state index contributed by atoms with van der Waals surface area (Å²) in [4.78, 5) is 0. The van der Waals surface area contributed by atoms with Crippen LogP contribution in [-0.2, 0) is 0 Å². The van der Waals surface area contributed by atoms with Gasteiger partial charge in [-0.2, -0.15) is 0 Å². The second-order valence-corrected chi connectivity index (χ2v) is 36.8. The monoisotopic (exact) mass is 1470 g/mol. The van der Waals surface area contributed by atoms with E-state index in [-0.39, 0.29) is 5.66 Å². The Balaban J connectivity index is 0.00000264. The van der Waals surface area contributed by atoms with Crippen molar-refractivity contribution in [3.63, 3.8) is 0 Å². The Morgan fingerprint density at radius 2 is 0.406 bits per heavy atom. The van der Waals surface area contributed by atoms with E-state index >= 15 is 0 Å². The van der Waals surface area contributed by atoms with E-state index in [1.807, 2.05) is 0 Å². The fourth-order valence-electron chi connectivity index (χ4n) is 13.7. The van der Waals surface area contributed by atoms with Gasteiger partial charge in [0.1, 0.15) is 46.1 Å². The zero-order valence-electron chi connectivity index (χ0n) is 60.7. The van der Waals surface area contributed by atoms with Crippen LogP contribution in [0.1, 0.15) is 346 Å². The molecule has 0 atom stereocenters. The van der Waals surface area contributed by atoms with Crippen LogP contribution in [0.2, 0.25) is 0 Å². The molecule has 0 aliphatic carbocycles. The van der Waals surface area contributed by atoms with Crippen LogP contribution < -0.4 is 30.1 Å². The van der Waals surface area contributed by atoms with Gasteiger partial charge in [0.25, 0.3) is 0 Å². The fraction of sp³-hybridized carbons (Fsp3) is 0.647. The third-order valence-electron chi connectivity index (χ3n) is 19.1. The van der Waals surface area contributed by atoms with E-state index in [9.17, 15) is 16.9 Å². The van der Waals surface area contributed by atoms with Crippen LogP contribution in [0.15, 0.2) is 133 Å². The Kier molecular flexibility index (Phi) is 45.4. The van der Waals surface area contributed by atoms with Crippen molar-refractivity contribution >= 4 is 42.7 Å². The van der Waals surface area contributed by atoms with E-state index < -0.39 is 26.7 Å². The fourth-order valence-corrected chi connectivity index (χ4v) is 18.5. The number of halogens is 6. The Hall–Kier alpha value is -3.67. The number of hydrogen-bond donors (Lipinski definition) is 0. The summed E-state index contributed by atoms with van der Waals surface area (Å²) in [6, 6.07) is 50.6. The van der Waals surface area contributed by atoms with Gasteiger partial charge in [0.05, 0.1) is 19.8 Å². The average Bonchev–Trinajstić information content (AvgIpc) is 0.722. The molecule has 5 rings (SSSR count). The van der Waals surface area contributed by atoms with Crippen LogP contribution in [0.4, 0.5) is 16.9 Å². The number of unbranched alkanes of at least 4 members (excludes halogenated alkanes) is 45. The van der Waals surface area contributed by atoms with Gasteiger partial charge in [-0.05, 0) is 103 Å². The molecule has 0 N–H and O–H groups in total. The van der Waals surface area contributed by atoms with Gasteiger partial charge in [0.15, 0.2) is 0 Å². The minimum absolute atomic E-state index is 0.0514. The van der Waals surface area contributed by atoms with E-state index in [4.69, 9.17) is 14.2 Å². The van der Waals surface area contributed by atoms with Gasteiger partial charge in [-0.1, -0.05) is 370 Å². The molecule has 0 fully saturated rings. The SMILES string of the molecule is CCCCCCCCCCCCCCCCCCOc1ccc([P+](c2ccc(OCCCCCCCCCCCCCCCCCC)cc2)(c2ccc(OCCCCCCCCCCCCCCCCCC)cc2)C(c2ccccc2)c2ccccc2)cc1.[F][Sb-]([F])([F])([F])([F])[F]. The first-order valence-electron chi connectivity index (χ1n) is 39.4. The summed E-state index contributed by atoms with van der Waals surface area (Å²) in [6.45, 7) is 9.20. The molecule has 0 aliphatic heterocycles. The van der Waals surface area contributed by atoms with E-state index in [1.165, 1.54) is 316 Å². The summed E-state index contributed by atoms with van der Waals surface area (Å²) in [5, 5.41) is 4.02. The van der Waals surface area contributed by atoms with Gasteiger partial charge in [-0.25, -0.2) is 0 Å². The van der Waals surface area contributed by atoms with Crippen LogP contribution in [0.5, 0.6) is 17.2 Å². The van der Waals surface area contributed by atoms with Crippen LogP contribution in [0.3, 0.4) is 0 Å². The molecule has 0 heterocycles. The number of ether oxygens (including phenoxy) is 3. The van der Waals surface area contributed by atoms with Crippen LogP contribution >= 0.6 is 7.26 Å². The molecule has 0 radical (unpaired) electrons. The third-order valence-corrected chi connectivity index (χ3v) is 23.9. The zero-order valence-corrected chi connectivity index (χ0v) is 64.2. The maximum absolute atomic E-state index is 11.2. The third kappa shape index (κ3) is 41.8. The summed E-state index contributed by atoms with van der Waals surface area (Å²) in [5.74, 6) is 2.87. The quantitative estimate of drug-likeness (QED) is 0.0168. The number of benzene rings is 5. The normalized spacial score (nSPS) is 12.5. The van der Waals surface area contributed by atoms with Crippen molar-refractivity contribution < 1.29 is 31.1 Å². The molecule has 0 saturated heterocycles. The van der Waals surface area contributed by atoms with Crippen molar-refractivity contribution in [2.75, 3.05) is 19.8 Å². The van der Waals surface area contributed by atoms with E-state index in [1.54, 1.807) is 0 Å². The molecule has 0 saturated carbocycles. The Morgan fingerprint density at radius 1 is 0.240 bits per heavy atom. The second-order valence-electron chi connectivity index (χ2n) is 27.8. The predicted octanol–water partition coefficient (Wildman–Crippen LogP) is 28.8. The van der Waals surface area contributed by atoms with Gasteiger partial charge in [-0.15, -0.1) is 0 Å². The van der Waals surface area contributed by atoms with Crippen molar-refractivity contribution in [1.29, 1.82) is 0 Å². The molecule has 0 bridgehead atoms. The molecule has 544 valence electrons. The van der Waals surface area contributed by atoms with Crippen LogP contribution in [0.25, 0.3) is 0 Å². The van der Waals surface area contributed by atoms with Crippen molar-refractivity contribution in [1.82, 2.24) is 0 Å². The summed E-state index contributed by atoms with van der Waals surface area (Å²) in [7, 11) is -2.53. The molecule has 0 spiro atoms. The first-order valence-corrected chi connectivity index (χ1v) is 47.1. The van der Waals surface area contributed by atoms with Crippen molar-refractivity contribution in [3.05, 3.63) is 145 Å². The first-order chi connectivity index (χ1) is 46.6. The van der Waals surface area contributed by atoms with Gasteiger partial charge < -0.3 is 14.2 Å². The topological polar surface area (TPSA) is 27.7 Å². The van der Waals surface area contributed by atoms with Crippen LogP contribution in [-0.4, -0.2) is 39.3 Å². The molecule has 96 heavy (non-hydrogen) atoms. The van der Waals surface area contributed by atoms with Gasteiger partial charge in [-0.3, -0.25) is 0 Å². The van der Waals surface area contributed by atoms with E-state index in [0.717, 1.165) is 56.3 Å². The summed E-state index contributed by atoms with van der Waals surface area (Å²) < 4.78 is 79.2. The summed E-state index contributed by atoms with van der Waals surface area (Å²) >= 11 is -11.2. The Bertz CT molecular complexity index is 2320. The average molecular weight is 1470 g/mol. The number of hydrogen-bond acceptors (Lipinski definition) is 3. The standard InChI is InChI=1S/C85H134O3P.6FH.Sb/c1-4-7-10-13-16-19-22-25-28-31-34-37-40-43-46-55-74-86-79-62-68-82(69-63-79)89(85(77-58-51-49-52-59-77)78-60-53-50-54-61-78,83-70-64-80(65-71-83)87-75-56-47-44-41-38-35-32-29-26-23-20-17-14-11-8-5-2)84-72-66-81(67-73-84)88-76-57-48-45-42-39-36-33-30-27-24-21-18-15-12-9-6-3;;;;;;;/h49-54,58-73,85H,4-48,55-57,74-76H2,1-3H3;6*1H;/q+1;;;;;;;+5/p-6. The van der Waals surface area contributed by atoms with E-state index in [2.05, 4.69) is 154 Å². The molecule has 5 aromatic rings. The molecular weight excluding hydrogens is 1340 g/mol.